The lowest BCUT2D eigenvalue weighted by Crippen LogP contribution is -2.58. The van der Waals surface area contributed by atoms with Crippen LogP contribution in [0.4, 0.5) is 10.1 Å². The highest BCUT2D eigenvalue weighted by molar-refractivity contribution is 6.43. The van der Waals surface area contributed by atoms with Gasteiger partial charge in [0.1, 0.15) is 5.82 Å². The summed E-state index contributed by atoms with van der Waals surface area (Å²) in [5.74, 6) is -1.11. The lowest BCUT2D eigenvalue weighted by molar-refractivity contribution is -0.142. The smallest absolute Gasteiger partial charge is 0.426 e. The number of carbonyl (C=O) groups excluding carboxylic acids is 2. The standard InChI is InChI=1S/C21H30BFN2O4/c1-14(2)12-19(22(28)29)24-20(27)21(9-3-10-21)13-18(26)17-8-11-25(17)16-6-4-15(23)5-7-16/h4-7,14,17,19,28-29H,3,8-13H2,1-2H3,(H,24,27)/t17-,19+/m0/s1. The monoisotopic (exact) mass is 404 g/mol. The van der Waals surface area contributed by atoms with Crippen LogP contribution in [-0.2, 0) is 9.59 Å². The molecule has 6 nitrogen and oxygen atoms in total. The summed E-state index contributed by atoms with van der Waals surface area (Å²) >= 11 is 0. The lowest BCUT2D eigenvalue weighted by Gasteiger charge is -2.46. The van der Waals surface area contributed by atoms with Crippen molar-refractivity contribution >= 4 is 24.5 Å². The molecule has 1 saturated heterocycles. The molecule has 1 amide bonds. The van der Waals surface area contributed by atoms with Crippen LogP contribution in [0, 0.1) is 17.2 Å². The Morgan fingerprint density at radius 3 is 2.38 bits per heavy atom. The number of benzene rings is 1. The fraction of sp³-hybridized carbons (Fsp3) is 0.619. The van der Waals surface area contributed by atoms with Crippen molar-refractivity contribution in [3.8, 4) is 0 Å². The third-order valence-corrected chi connectivity index (χ3v) is 6.26. The summed E-state index contributed by atoms with van der Waals surface area (Å²) in [6.07, 6.45) is 3.46. The molecule has 2 aliphatic rings. The van der Waals surface area contributed by atoms with Gasteiger partial charge in [-0.3, -0.25) is 9.59 Å². The average Bonchev–Trinajstić information content (AvgIpc) is 2.57. The lowest BCUT2D eigenvalue weighted by atomic mass is 9.63. The van der Waals surface area contributed by atoms with E-state index in [0.717, 1.165) is 25.1 Å². The molecule has 1 aliphatic carbocycles. The second kappa shape index (κ2) is 8.84. The van der Waals surface area contributed by atoms with Crippen LogP contribution in [0.5, 0.6) is 0 Å². The first-order chi connectivity index (χ1) is 13.7. The highest BCUT2D eigenvalue weighted by Gasteiger charge is 2.49. The third-order valence-electron chi connectivity index (χ3n) is 6.26. The van der Waals surface area contributed by atoms with Gasteiger partial charge in [0.2, 0.25) is 5.91 Å². The Kier molecular flexibility index (Phi) is 6.63. The van der Waals surface area contributed by atoms with Gasteiger partial charge in [-0.15, -0.1) is 0 Å². The number of nitrogens with one attached hydrogen (secondary N) is 1. The second-order valence-corrected chi connectivity index (χ2v) is 8.87. The predicted octanol–water partition coefficient (Wildman–Crippen LogP) is 2.08. The van der Waals surface area contributed by atoms with E-state index in [-0.39, 0.29) is 35.9 Å². The number of amides is 1. The SMILES string of the molecule is CC(C)C[C@@H](NC(=O)C1(CC(=O)[C@@H]2CCN2c2ccc(F)cc2)CCC1)B(O)O. The molecule has 1 aromatic carbocycles. The van der Waals surface area contributed by atoms with E-state index in [4.69, 9.17) is 0 Å². The van der Waals surface area contributed by atoms with E-state index in [1.807, 2.05) is 18.7 Å². The molecule has 3 N–H and O–H groups in total. The average molecular weight is 404 g/mol. The number of anilines is 1. The fourth-order valence-corrected chi connectivity index (χ4v) is 4.29. The van der Waals surface area contributed by atoms with Gasteiger partial charge in [0.05, 0.1) is 17.4 Å². The largest absolute Gasteiger partial charge is 0.475 e. The van der Waals surface area contributed by atoms with Gasteiger partial charge in [-0.25, -0.2) is 4.39 Å². The van der Waals surface area contributed by atoms with Gasteiger partial charge in [-0.05, 0) is 55.9 Å². The Bertz CT molecular complexity index is 737. The van der Waals surface area contributed by atoms with E-state index in [2.05, 4.69) is 5.32 Å². The molecule has 0 radical (unpaired) electrons. The van der Waals surface area contributed by atoms with Crippen molar-refractivity contribution in [1.29, 1.82) is 0 Å². The molecule has 8 heteroatoms. The van der Waals surface area contributed by atoms with Gasteiger partial charge >= 0.3 is 7.12 Å². The number of Topliss-reactive ketones (excluding diaryl/α,β-unsaturated/α-hetero) is 1. The number of halogens is 1. The van der Waals surface area contributed by atoms with E-state index in [9.17, 15) is 24.0 Å². The van der Waals surface area contributed by atoms with Crippen LogP contribution >= 0.6 is 0 Å². The predicted molar refractivity (Wildman–Crippen MR) is 110 cm³/mol. The molecule has 158 valence electrons. The summed E-state index contributed by atoms with van der Waals surface area (Å²) in [5, 5.41) is 22.0. The molecule has 1 aromatic rings. The van der Waals surface area contributed by atoms with Gasteiger partial charge in [-0.1, -0.05) is 20.3 Å². The van der Waals surface area contributed by atoms with E-state index in [1.165, 1.54) is 12.1 Å². The molecule has 29 heavy (non-hydrogen) atoms. The van der Waals surface area contributed by atoms with E-state index >= 15 is 0 Å². The summed E-state index contributed by atoms with van der Waals surface area (Å²) < 4.78 is 13.2. The summed E-state index contributed by atoms with van der Waals surface area (Å²) in [6.45, 7) is 4.63. The maximum Gasteiger partial charge on any atom is 0.475 e. The van der Waals surface area contributed by atoms with Crippen LogP contribution in [-0.4, -0.2) is 47.4 Å². The molecule has 3 rings (SSSR count). The van der Waals surface area contributed by atoms with Crippen molar-refractivity contribution in [2.45, 2.75) is 64.4 Å². The van der Waals surface area contributed by atoms with Crippen LogP contribution in [0.25, 0.3) is 0 Å². The normalized spacial score (nSPS) is 21.2. The Labute approximate surface area is 171 Å². The number of hydrogen-bond donors (Lipinski definition) is 3. The first-order valence-electron chi connectivity index (χ1n) is 10.4. The Hall–Kier alpha value is -1.93. The van der Waals surface area contributed by atoms with Crippen LogP contribution < -0.4 is 10.2 Å². The van der Waals surface area contributed by atoms with Crippen molar-refractivity contribution in [2.24, 2.45) is 11.3 Å². The molecule has 0 unspecified atom stereocenters. The van der Waals surface area contributed by atoms with Crippen molar-refractivity contribution in [1.82, 2.24) is 5.32 Å². The Balaban J connectivity index is 1.64. The molecule has 0 spiro atoms. The summed E-state index contributed by atoms with van der Waals surface area (Å²) in [6, 6.07) is 5.80. The zero-order valence-electron chi connectivity index (χ0n) is 17.1. The molecule has 0 aromatic heterocycles. The molecule has 1 aliphatic heterocycles. The molecular formula is C21H30BFN2O4. The summed E-state index contributed by atoms with van der Waals surface area (Å²) in [5.41, 5.74) is 0.0501. The third kappa shape index (κ3) is 4.81. The Morgan fingerprint density at radius 1 is 1.28 bits per heavy atom. The molecular weight excluding hydrogens is 374 g/mol. The van der Waals surface area contributed by atoms with Gasteiger partial charge in [0, 0.05) is 18.7 Å². The van der Waals surface area contributed by atoms with Crippen LogP contribution in [0.15, 0.2) is 24.3 Å². The van der Waals surface area contributed by atoms with Crippen LogP contribution in [0.2, 0.25) is 0 Å². The van der Waals surface area contributed by atoms with Crippen LogP contribution in [0.1, 0.15) is 52.4 Å². The molecule has 1 heterocycles. The maximum atomic E-state index is 13.2. The van der Waals surface area contributed by atoms with Crippen molar-refractivity contribution < 1.29 is 24.0 Å². The highest BCUT2D eigenvalue weighted by Crippen LogP contribution is 2.45. The number of rotatable bonds is 9. The highest BCUT2D eigenvalue weighted by atomic mass is 19.1. The second-order valence-electron chi connectivity index (χ2n) is 8.87. The molecule has 2 atom stereocenters. The number of ketones is 1. The fourth-order valence-electron chi connectivity index (χ4n) is 4.29. The van der Waals surface area contributed by atoms with Crippen molar-refractivity contribution in [3.05, 3.63) is 30.1 Å². The molecule has 2 fully saturated rings. The zero-order chi connectivity index (χ0) is 21.2. The first-order valence-corrected chi connectivity index (χ1v) is 10.4. The van der Waals surface area contributed by atoms with Crippen molar-refractivity contribution in [3.63, 3.8) is 0 Å². The number of carbonyl (C=O) groups is 2. The minimum atomic E-state index is -1.63. The number of hydrogen-bond acceptors (Lipinski definition) is 5. The topological polar surface area (TPSA) is 89.9 Å². The quantitative estimate of drug-likeness (QED) is 0.549. The minimum absolute atomic E-state index is 0.0142. The summed E-state index contributed by atoms with van der Waals surface area (Å²) in [4.78, 5) is 27.9. The maximum absolute atomic E-state index is 13.2. The van der Waals surface area contributed by atoms with E-state index in [0.29, 0.717) is 19.3 Å². The van der Waals surface area contributed by atoms with Gasteiger partial charge in [-0.2, -0.15) is 0 Å². The van der Waals surface area contributed by atoms with Gasteiger partial charge < -0.3 is 20.3 Å². The van der Waals surface area contributed by atoms with Crippen molar-refractivity contribution in [2.75, 3.05) is 11.4 Å². The van der Waals surface area contributed by atoms with Crippen LogP contribution in [0.3, 0.4) is 0 Å². The summed E-state index contributed by atoms with van der Waals surface area (Å²) in [7, 11) is -1.63. The Morgan fingerprint density at radius 2 is 1.93 bits per heavy atom. The number of nitrogens with zero attached hydrogens (tertiary/aromatic N) is 1. The first kappa shape index (κ1) is 21.8. The van der Waals surface area contributed by atoms with E-state index in [1.54, 1.807) is 12.1 Å². The van der Waals surface area contributed by atoms with Gasteiger partial charge in [0.15, 0.2) is 5.78 Å². The minimum Gasteiger partial charge on any atom is -0.426 e. The molecule has 1 saturated carbocycles. The molecule has 0 bridgehead atoms. The van der Waals surface area contributed by atoms with Gasteiger partial charge in [0.25, 0.3) is 0 Å². The van der Waals surface area contributed by atoms with E-state index < -0.39 is 18.5 Å². The zero-order valence-corrected chi connectivity index (χ0v) is 17.1.